The first-order chi connectivity index (χ1) is 10.6. The molecule has 0 atom stereocenters. The van der Waals surface area contributed by atoms with Gasteiger partial charge in [0.05, 0.1) is 0 Å². The van der Waals surface area contributed by atoms with Crippen LogP contribution in [0.4, 0.5) is 5.88 Å². The van der Waals surface area contributed by atoms with Crippen LogP contribution in [0.2, 0.25) is 5.22 Å². The van der Waals surface area contributed by atoms with Crippen LogP contribution in [-0.4, -0.2) is 17.6 Å². The van der Waals surface area contributed by atoms with Crippen LogP contribution >= 0.6 is 11.6 Å². The fourth-order valence-corrected chi connectivity index (χ4v) is 2.30. The molecule has 2 rings (SSSR count). The van der Waals surface area contributed by atoms with Crippen LogP contribution in [0.15, 0.2) is 21.1 Å². The maximum Gasteiger partial charge on any atom is 0.259 e. The highest BCUT2D eigenvalue weighted by atomic mass is 35.5. The van der Waals surface area contributed by atoms with Crippen LogP contribution in [0.5, 0.6) is 0 Å². The number of halogens is 1. The van der Waals surface area contributed by atoms with E-state index in [-0.39, 0.29) is 28.3 Å². The molecule has 0 aliphatic rings. The van der Waals surface area contributed by atoms with Gasteiger partial charge in [0.15, 0.2) is 16.7 Å². The fourth-order valence-electron chi connectivity index (χ4n) is 2.15. The highest BCUT2D eigenvalue weighted by molar-refractivity contribution is 6.29. The van der Waals surface area contributed by atoms with E-state index in [0.29, 0.717) is 12.3 Å². The molecule has 2 aromatic heterocycles. The van der Waals surface area contributed by atoms with Crippen molar-refractivity contribution < 1.29 is 13.7 Å². The Labute approximate surface area is 134 Å². The number of nitrogens with zero attached hydrogens (tertiary/aromatic N) is 1. The lowest BCUT2D eigenvalue weighted by atomic mass is 10.1. The minimum Gasteiger partial charge on any atom is -0.443 e. The van der Waals surface area contributed by atoms with Gasteiger partial charge in [-0.25, -0.2) is 0 Å². The first-order valence-electron chi connectivity index (χ1n) is 7.42. The molecule has 0 aliphatic heterocycles. The van der Waals surface area contributed by atoms with Gasteiger partial charge in [-0.3, -0.25) is 4.79 Å². The van der Waals surface area contributed by atoms with Crippen molar-refractivity contribution in [2.45, 2.75) is 39.0 Å². The number of nitrogens with two attached hydrogens (primary N) is 1. The molecule has 0 fully saturated rings. The van der Waals surface area contributed by atoms with Crippen molar-refractivity contribution in [3.8, 4) is 11.5 Å². The van der Waals surface area contributed by atoms with E-state index < -0.39 is 0 Å². The maximum atomic E-state index is 12.3. The van der Waals surface area contributed by atoms with Crippen molar-refractivity contribution >= 4 is 23.4 Å². The highest BCUT2D eigenvalue weighted by Crippen LogP contribution is 2.29. The summed E-state index contributed by atoms with van der Waals surface area (Å²) >= 11 is 5.74. The zero-order valence-electron chi connectivity index (χ0n) is 12.5. The summed E-state index contributed by atoms with van der Waals surface area (Å²) in [7, 11) is 0. The second-order valence-corrected chi connectivity index (χ2v) is 5.42. The molecule has 0 saturated carbocycles. The van der Waals surface area contributed by atoms with Crippen molar-refractivity contribution in [2.24, 2.45) is 0 Å². The molecule has 0 saturated heterocycles. The molecule has 6 nitrogen and oxygen atoms in total. The molecule has 0 aliphatic carbocycles. The van der Waals surface area contributed by atoms with Crippen molar-refractivity contribution in [1.82, 2.24) is 10.5 Å². The number of unbranched alkanes of at least 4 members (excludes halogenated alkanes) is 4. The summed E-state index contributed by atoms with van der Waals surface area (Å²) in [6.45, 7) is 2.75. The summed E-state index contributed by atoms with van der Waals surface area (Å²) in [5, 5.41) is 6.81. The molecule has 0 aromatic carbocycles. The molecule has 2 heterocycles. The van der Waals surface area contributed by atoms with Gasteiger partial charge >= 0.3 is 0 Å². The van der Waals surface area contributed by atoms with Crippen LogP contribution in [0, 0.1) is 0 Å². The fraction of sp³-hybridized carbons (Fsp3) is 0.467. The second kappa shape index (κ2) is 7.89. The topological polar surface area (TPSA) is 94.3 Å². The van der Waals surface area contributed by atoms with Gasteiger partial charge in [0.1, 0.15) is 5.56 Å². The molecular formula is C15H20ClN3O3. The summed E-state index contributed by atoms with van der Waals surface area (Å²) in [5.41, 5.74) is 6.13. The lowest BCUT2D eigenvalue weighted by Crippen LogP contribution is -2.25. The number of furan rings is 1. The van der Waals surface area contributed by atoms with Gasteiger partial charge in [0, 0.05) is 6.54 Å². The first kappa shape index (κ1) is 16.4. The van der Waals surface area contributed by atoms with Crippen LogP contribution < -0.4 is 11.1 Å². The number of amides is 1. The van der Waals surface area contributed by atoms with Gasteiger partial charge in [0.2, 0.25) is 5.88 Å². The maximum absolute atomic E-state index is 12.3. The Balaban J connectivity index is 1.96. The molecule has 120 valence electrons. The van der Waals surface area contributed by atoms with Crippen LogP contribution in [-0.2, 0) is 0 Å². The molecule has 0 radical (unpaired) electrons. The van der Waals surface area contributed by atoms with Gasteiger partial charge in [-0.15, -0.1) is 0 Å². The summed E-state index contributed by atoms with van der Waals surface area (Å²) in [6.07, 6.45) is 5.61. The number of aromatic nitrogens is 1. The van der Waals surface area contributed by atoms with E-state index in [1.807, 2.05) is 0 Å². The van der Waals surface area contributed by atoms with Crippen LogP contribution in [0.1, 0.15) is 49.4 Å². The number of hydrogen-bond acceptors (Lipinski definition) is 5. The van der Waals surface area contributed by atoms with E-state index in [1.54, 1.807) is 12.1 Å². The molecule has 2 aromatic rings. The normalized spacial score (nSPS) is 10.8. The molecule has 22 heavy (non-hydrogen) atoms. The van der Waals surface area contributed by atoms with Gasteiger partial charge < -0.3 is 20.0 Å². The third-order valence-electron chi connectivity index (χ3n) is 3.32. The smallest absolute Gasteiger partial charge is 0.259 e. The number of nitrogen functional groups attached to an aromatic ring is 1. The van der Waals surface area contributed by atoms with Crippen LogP contribution in [0.3, 0.4) is 0 Å². The number of nitrogens with one attached hydrogen (secondary N) is 1. The lowest BCUT2D eigenvalue weighted by Gasteiger charge is -2.04. The summed E-state index contributed by atoms with van der Waals surface area (Å²) in [4.78, 5) is 12.3. The van der Waals surface area contributed by atoms with E-state index in [4.69, 9.17) is 26.3 Å². The van der Waals surface area contributed by atoms with Gasteiger partial charge in [-0.05, 0) is 30.2 Å². The Morgan fingerprint density at radius 1 is 1.32 bits per heavy atom. The summed E-state index contributed by atoms with van der Waals surface area (Å²) in [6, 6.07) is 3.18. The summed E-state index contributed by atoms with van der Waals surface area (Å²) < 4.78 is 10.2. The van der Waals surface area contributed by atoms with Gasteiger partial charge in [-0.2, -0.15) is 0 Å². The molecular weight excluding hydrogens is 306 g/mol. The first-order valence-corrected chi connectivity index (χ1v) is 7.80. The monoisotopic (exact) mass is 325 g/mol. The van der Waals surface area contributed by atoms with E-state index in [1.165, 1.54) is 19.3 Å². The zero-order valence-corrected chi connectivity index (χ0v) is 13.3. The Morgan fingerprint density at radius 3 is 2.77 bits per heavy atom. The number of carbonyl (C=O) groups excluding carboxylic acids is 1. The summed E-state index contributed by atoms with van der Waals surface area (Å²) in [5.74, 6) is -0.0127. The third kappa shape index (κ3) is 4.04. The minimum absolute atomic E-state index is 0.0361. The molecule has 7 heteroatoms. The number of hydrogen-bond donors (Lipinski definition) is 2. The molecule has 3 N–H and O–H groups in total. The Morgan fingerprint density at radius 2 is 2.09 bits per heavy atom. The van der Waals surface area contributed by atoms with Gasteiger partial charge in [-0.1, -0.05) is 37.8 Å². The molecule has 1 amide bonds. The Bertz CT molecular complexity index is 621. The molecule has 0 unspecified atom stereocenters. The molecule has 0 spiro atoms. The standard InChI is InChI=1S/C15H20ClN3O3/c1-2-3-4-5-6-9-18-15(20)12-13(19-22-14(12)17)10-7-8-11(16)21-10/h7-8H,2-6,9,17H2,1H3,(H,18,20). The van der Waals surface area contributed by atoms with E-state index in [2.05, 4.69) is 17.4 Å². The second-order valence-electron chi connectivity index (χ2n) is 5.04. The van der Waals surface area contributed by atoms with Gasteiger partial charge in [0.25, 0.3) is 5.91 Å². The molecule has 0 bridgehead atoms. The third-order valence-corrected chi connectivity index (χ3v) is 3.52. The average molecular weight is 326 g/mol. The Hall–Kier alpha value is -1.95. The number of anilines is 1. The minimum atomic E-state index is -0.322. The van der Waals surface area contributed by atoms with E-state index in [9.17, 15) is 4.79 Å². The zero-order chi connectivity index (χ0) is 15.9. The quantitative estimate of drug-likeness (QED) is 0.718. The highest BCUT2D eigenvalue weighted by Gasteiger charge is 2.24. The number of carbonyl (C=O) groups is 1. The predicted octanol–water partition coefficient (Wildman–Crippen LogP) is 3.87. The number of rotatable bonds is 8. The van der Waals surface area contributed by atoms with Crippen LogP contribution in [0.25, 0.3) is 11.5 Å². The van der Waals surface area contributed by atoms with E-state index in [0.717, 1.165) is 12.8 Å². The Kier molecular flexibility index (Phi) is 5.89. The predicted molar refractivity (Wildman–Crippen MR) is 84.7 cm³/mol. The van der Waals surface area contributed by atoms with Crippen molar-refractivity contribution in [3.05, 3.63) is 22.9 Å². The van der Waals surface area contributed by atoms with E-state index >= 15 is 0 Å². The lowest BCUT2D eigenvalue weighted by molar-refractivity contribution is 0.0954. The van der Waals surface area contributed by atoms with Crippen molar-refractivity contribution in [3.63, 3.8) is 0 Å². The largest absolute Gasteiger partial charge is 0.443 e. The average Bonchev–Trinajstić information content (AvgIpc) is 3.08. The van der Waals surface area contributed by atoms with Crippen molar-refractivity contribution in [1.29, 1.82) is 0 Å². The SMILES string of the molecule is CCCCCCCNC(=O)c1c(-c2ccc(Cl)o2)noc1N. The van der Waals surface area contributed by atoms with Crippen molar-refractivity contribution in [2.75, 3.05) is 12.3 Å².